The van der Waals surface area contributed by atoms with Gasteiger partial charge in [-0.2, -0.15) is 0 Å². The van der Waals surface area contributed by atoms with Gasteiger partial charge >= 0.3 is 5.97 Å². The number of hydrogen-bond acceptors (Lipinski definition) is 6. The summed E-state index contributed by atoms with van der Waals surface area (Å²) in [5.41, 5.74) is 2.15. The lowest BCUT2D eigenvalue weighted by molar-refractivity contribution is -0.156. The molecular formula is C22H26N4O4. The van der Waals surface area contributed by atoms with Crippen LogP contribution in [0, 0.1) is 0 Å². The lowest BCUT2D eigenvalue weighted by atomic mass is 10.0. The lowest BCUT2D eigenvalue weighted by Gasteiger charge is -2.34. The van der Waals surface area contributed by atoms with Gasteiger partial charge in [0.2, 0.25) is 17.7 Å². The van der Waals surface area contributed by atoms with Crippen molar-refractivity contribution in [1.82, 2.24) is 20.1 Å². The summed E-state index contributed by atoms with van der Waals surface area (Å²) in [7, 11) is 0. The normalized spacial score (nSPS) is 16.7. The highest BCUT2D eigenvalue weighted by molar-refractivity contribution is 5.85. The maximum Gasteiger partial charge on any atom is 0.328 e. The highest BCUT2D eigenvalue weighted by Gasteiger charge is 2.33. The summed E-state index contributed by atoms with van der Waals surface area (Å²) < 4.78 is 10.9. The number of ether oxygens (including phenoxy) is 1. The van der Waals surface area contributed by atoms with Crippen LogP contribution in [0.2, 0.25) is 0 Å². The zero-order valence-electron chi connectivity index (χ0n) is 17.1. The summed E-state index contributed by atoms with van der Waals surface area (Å²) in [5, 5.41) is 9.34. The number of fused-ring (bicyclic) bond motifs is 1. The average molecular weight is 410 g/mol. The number of amides is 1. The summed E-state index contributed by atoms with van der Waals surface area (Å²) >= 11 is 0. The van der Waals surface area contributed by atoms with Crippen molar-refractivity contribution in [2.45, 2.75) is 51.5 Å². The van der Waals surface area contributed by atoms with Crippen molar-refractivity contribution in [3.8, 4) is 0 Å². The minimum absolute atomic E-state index is 0.0795. The minimum atomic E-state index is -0.480. The number of H-pyrrole nitrogens is 1. The number of aromatic amines is 1. The SMILES string of the molecule is CCOC(=O)C1CCCCN1C(=O)CCc1nnc(Cc2c[nH]c3ccccc23)o1. The van der Waals surface area contributed by atoms with Gasteiger partial charge in [0.05, 0.1) is 13.0 Å². The highest BCUT2D eigenvalue weighted by Crippen LogP contribution is 2.22. The topological polar surface area (TPSA) is 101 Å². The summed E-state index contributed by atoms with van der Waals surface area (Å²) in [4.78, 5) is 29.8. The number of rotatable bonds is 7. The van der Waals surface area contributed by atoms with Gasteiger partial charge in [0.25, 0.3) is 0 Å². The number of carbonyl (C=O) groups is 2. The number of aromatic nitrogens is 3. The average Bonchev–Trinajstić information content (AvgIpc) is 3.39. The predicted octanol–water partition coefficient (Wildman–Crippen LogP) is 3.02. The smallest absolute Gasteiger partial charge is 0.328 e. The van der Waals surface area contributed by atoms with Gasteiger partial charge < -0.3 is 19.0 Å². The molecule has 1 aliphatic rings. The Labute approximate surface area is 174 Å². The standard InChI is InChI=1S/C22H26N4O4/c1-2-29-22(28)18-9-5-6-12-26(18)21(27)11-10-19-24-25-20(30-19)13-15-14-23-17-8-4-3-7-16(15)17/h3-4,7-8,14,18,23H,2,5-6,9-13H2,1H3. The monoisotopic (exact) mass is 410 g/mol. The molecular weight excluding hydrogens is 384 g/mol. The fraction of sp³-hybridized carbons (Fsp3) is 0.455. The Morgan fingerprint density at radius 2 is 2.07 bits per heavy atom. The number of nitrogens with zero attached hydrogens (tertiary/aromatic N) is 3. The van der Waals surface area contributed by atoms with Gasteiger partial charge in [-0.15, -0.1) is 10.2 Å². The Bertz CT molecular complexity index is 1030. The van der Waals surface area contributed by atoms with Crippen LogP contribution < -0.4 is 0 Å². The molecule has 1 aliphatic heterocycles. The number of benzene rings is 1. The van der Waals surface area contributed by atoms with Crippen molar-refractivity contribution in [3.05, 3.63) is 47.8 Å². The van der Waals surface area contributed by atoms with Gasteiger partial charge in [-0.3, -0.25) is 4.79 Å². The fourth-order valence-electron chi connectivity index (χ4n) is 3.97. The first-order chi connectivity index (χ1) is 14.7. The van der Waals surface area contributed by atoms with Crippen LogP contribution in [0.25, 0.3) is 10.9 Å². The van der Waals surface area contributed by atoms with Crippen molar-refractivity contribution in [2.75, 3.05) is 13.2 Å². The largest absolute Gasteiger partial charge is 0.464 e. The quantitative estimate of drug-likeness (QED) is 0.601. The first-order valence-corrected chi connectivity index (χ1v) is 10.5. The maximum atomic E-state index is 12.7. The van der Waals surface area contributed by atoms with Gasteiger partial charge in [0.1, 0.15) is 6.04 Å². The molecule has 0 aliphatic carbocycles. The van der Waals surface area contributed by atoms with E-state index in [2.05, 4.69) is 21.2 Å². The summed E-state index contributed by atoms with van der Waals surface area (Å²) in [6.07, 6.45) is 5.54. The van der Waals surface area contributed by atoms with Gasteiger partial charge in [0.15, 0.2) is 0 Å². The molecule has 1 saturated heterocycles. The molecule has 4 rings (SSSR count). The van der Waals surface area contributed by atoms with Crippen LogP contribution in [0.4, 0.5) is 0 Å². The van der Waals surface area contributed by atoms with Crippen LogP contribution in [-0.4, -0.2) is 51.2 Å². The molecule has 30 heavy (non-hydrogen) atoms. The van der Waals surface area contributed by atoms with Crippen LogP contribution in [0.3, 0.4) is 0 Å². The number of piperidine rings is 1. The van der Waals surface area contributed by atoms with Gasteiger partial charge in [-0.05, 0) is 37.8 Å². The van der Waals surface area contributed by atoms with E-state index in [1.165, 1.54) is 0 Å². The molecule has 1 N–H and O–H groups in total. The Morgan fingerprint density at radius 1 is 1.23 bits per heavy atom. The number of likely N-dealkylation sites (tertiary alicyclic amines) is 1. The summed E-state index contributed by atoms with van der Waals surface area (Å²) in [6.45, 7) is 2.67. The van der Waals surface area contributed by atoms with E-state index in [9.17, 15) is 9.59 Å². The molecule has 0 radical (unpaired) electrons. The Hall–Kier alpha value is -3.16. The van der Waals surface area contributed by atoms with E-state index in [1.807, 2.05) is 24.4 Å². The number of esters is 1. The molecule has 8 nitrogen and oxygen atoms in total. The second kappa shape index (κ2) is 9.11. The van der Waals surface area contributed by atoms with Crippen molar-refractivity contribution >= 4 is 22.8 Å². The molecule has 0 saturated carbocycles. The molecule has 1 atom stereocenters. The van der Waals surface area contributed by atoms with E-state index in [-0.39, 0.29) is 18.3 Å². The fourth-order valence-corrected chi connectivity index (χ4v) is 3.97. The van der Waals surface area contributed by atoms with E-state index >= 15 is 0 Å². The molecule has 8 heteroatoms. The molecule has 0 spiro atoms. The third kappa shape index (κ3) is 4.37. The maximum absolute atomic E-state index is 12.7. The van der Waals surface area contributed by atoms with Crippen LogP contribution in [0.1, 0.15) is 50.0 Å². The molecule has 1 amide bonds. The first-order valence-electron chi connectivity index (χ1n) is 10.5. The minimum Gasteiger partial charge on any atom is -0.464 e. The Kier molecular flexibility index (Phi) is 6.11. The molecule has 0 bridgehead atoms. The molecule has 158 valence electrons. The number of nitrogens with one attached hydrogen (secondary N) is 1. The second-order valence-corrected chi connectivity index (χ2v) is 7.48. The van der Waals surface area contributed by atoms with Crippen LogP contribution in [0.5, 0.6) is 0 Å². The zero-order chi connectivity index (χ0) is 20.9. The van der Waals surface area contributed by atoms with E-state index in [1.54, 1.807) is 11.8 Å². The zero-order valence-corrected chi connectivity index (χ0v) is 17.1. The predicted molar refractivity (Wildman–Crippen MR) is 110 cm³/mol. The molecule has 1 aromatic carbocycles. The van der Waals surface area contributed by atoms with Crippen LogP contribution in [0.15, 0.2) is 34.9 Å². The Balaban J connectivity index is 1.35. The Morgan fingerprint density at radius 3 is 2.93 bits per heavy atom. The summed E-state index contributed by atoms with van der Waals surface area (Å²) in [6, 6.07) is 7.57. The molecule has 3 heterocycles. The first kappa shape index (κ1) is 20.1. The van der Waals surface area contributed by atoms with Crippen LogP contribution >= 0.6 is 0 Å². The van der Waals surface area contributed by atoms with Crippen molar-refractivity contribution in [3.63, 3.8) is 0 Å². The lowest BCUT2D eigenvalue weighted by Crippen LogP contribution is -2.48. The van der Waals surface area contributed by atoms with E-state index in [0.717, 1.165) is 29.3 Å². The van der Waals surface area contributed by atoms with E-state index in [4.69, 9.17) is 9.15 Å². The van der Waals surface area contributed by atoms with E-state index in [0.29, 0.717) is 44.2 Å². The van der Waals surface area contributed by atoms with Crippen molar-refractivity contribution in [2.24, 2.45) is 0 Å². The molecule has 2 aromatic heterocycles. The van der Waals surface area contributed by atoms with Gasteiger partial charge in [-0.25, -0.2) is 4.79 Å². The third-order valence-electron chi connectivity index (χ3n) is 5.46. The van der Waals surface area contributed by atoms with Crippen molar-refractivity contribution < 1.29 is 18.7 Å². The number of carbonyl (C=O) groups excluding carboxylic acids is 2. The number of para-hydroxylation sites is 1. The van der Waals surface area contributed by atoms with Gasteiger partial charge in [-0.1, -0.05) is 18.2 Å². The van der Waals surface area contributed by atoms with Crippen molar-refractivity contribution in [1.29, 1.82) is 0 Å². The van der Waals surface area contributed by atoms with Crippen LogP contribution in [-0.2, 0) is 27.2 Å². The second-order valence-electron chi connectivity index (χ2n) is 7.48. The molecule has 3 aromatic rings. The van der Waals surface area contributed by atoms with E-state index < -0.39 is 6.04 Å². The number of hydrogen-bond donors (Lipinski definition) is 1. The third-order valence-corrected chi connectivity index (χ3v) is 5.46. The highest BCUT2D eigenvalue weighted by atomic mass is 16.5. The molecule has 1 fully saturated rings. The number of aryl methyl sites for hydroxylation is 1. The molecule has 1 unspecified atom stereocenters. The van der Waals surface area contributed by atoms with Gasteiger partial charge in [0, 0.05) is 36.5 Å². The summed E-state index contributed by atoms with van der Waals surface area (Å²) in [5.74, 6) is 0.556.